The molecule has 1 saturated heterocycles. The summed E-state index contributed by atoms with van der Waals surface area (Å²) in [6.07, 6.45) is 2.99. The minimum absolute atomic E-state index is 0.130. The van der Waals surface area contributed by atoms with E-state index in [1.165, 1.54) is 15.6 Å². The number of hydrogen-bond acceptors (Lipinski definition) is 5. The van der Waals surface area contributed by atoms with E-state index < -0.39 is 10.0 Å². The van der Waals surface area contributed by atoms with Gasteiger partial charge in [-0.1, -0.05) is 48.4 Å². The lowest BCUT2D eigenvalue weighted by Crippen LogP contribution is -2.35. The van der Waals surface area contributed by atoms with Crippen molar-refractivity contribution < 1.29 is 13.2 Å². The van der Waals surface area contributed by atoms with Gasteiger partial charge in [-0.05, 0) is 36.6 Å². The summed E-state index contributed by atoms with van der Waals surface area (Å²) in [6, 6.07) is 13.9. The largest absolute Gasteiger partial charge is 0.302 e. The smallest absolute Gasteiger partial charge is 0.243 e. The number of benzene rings is 2. The van der Waals surface area contributed by atoms with E-state index in [-0.39, 0.29) is 17.2 Å². The molecule has 9 heteroatoms. The molecule has 4 rings (SSSR count). The van der Waals surface area contributed by atoms with Crippen molar-refractivity contribution in [3.8, 4) is 11.3 Å². The Bertz CT molecular complexity index is 1170. The van der Waals surface area contributed by atoms with Crippen LogP contribution in [0.4, 0.5) is 5.13 Å². The fourth-order valence-electron chi connectivity index (χ4n) is 3.51. The lowest BCUT2D eigenvalue weighted by atomic mass is 10.1. The summed E-state index contributed by atoms with van der Waals surface area (Å²) in [5.41, 5.74) is 2.25. The maximum atomic E-state index is 12.7. The van der Waals surface area contributed by atoms with Gasteiger partial charge >= 0.3 is 0 Å². The number of rotatable bonds is 6. The van der Waals surface area contributed by atoms with E-state index in [0.29, 0.717) is 28.9 Å². The van der Waals surface area contributed by atoms with Crippen LogP contribution in [0.25, 0.3) is 11.3 Å². The molecular formula is C22H22ClN3O3S2. The second-order valence-corrected chi connectivity index (χ2v) is 10.6. The van der Waals surface area contributed by atoms with Gasteiger partial charge in [-0.25, -0.2) is 13.4 Å². The van der Waals surface area contributed by atoms with E-state index in [9.17, 15) is 13.2 Å². The third-order valence-electron chi connectivity index (χ3n) is 5.14. The van der Waals surface area contributed by atoms with Crippen LogP contribution in [0.3, 0.4) is 0 Å². The first-order chi connectivity index (χ1) is 14.9. The van der Waals surface area contributed by atoms with Gasteiger partial charge in [-0.2, -0.15) is 4.31 Å². The highest BCUT2D eigenvalue weighted by molar-refractivity contribution is 7.89. The number of nitrogens with one attached hydrogen (secondary N) is 1. The summed E-state index contributed by atoms with van der Waals surface area (Å²) in [6.45, 7) is 1.13. The molecule has 0 atom stereocenters. The van der Waals surface area contributed by atoms with Crippen molar-refractivity contribution in [3.63, 3.8) is 0 Å². The van der Waals surface area contributed by atoms with Crippen LogP contribution in [0.5, 0.6) is 0 Å². The number of carbonyl (C=O) groups excluding carboxylic acids is 1. The maximum absolute atomic E-state index is 12.7. The summed E-state index contributed by atoms with van der Waals surface area (Å²) in [5.74, 6) is -0.216. The summed E-state index contributed by atoms with van der Waals surface area (Å²) in [5, 5.41) is 5.73. The molecule has 3 aromatic rings. The summed E-state index contributed by atoms with van der Waals surface area (Å²) >= 11 is 7.53. The predicted molar refractivity (Wildman–Crippen MR) is 124 cm³/mol. The van der Waals surface area contributed by atoms with Gasteiger partial charge in [0.2, 0.25) is 15.9 Å². The van der Waals surface area contributed by atoms with Gasteiger partial charge in [0.25, 0.3) is 0 Å². The molecule has 31 heavy (non-hydrogen) atoms. The van der Waals surface area contributed by atoms with Crippen LogP contribution in [0.2, 0.25) is 5.02 Å². The van der Waals surface area contributed by atoms with Crippen LogP contribution in [-0.4, -0.2) is 36.7 Å². The van der Waals surface area contributed by atoms with Crippen molar-refractivity contribution in [3.05, 3.63) is 64.5 Å². The molecule has 2 heterocycles. The topological polar surface area (TPSA) is 79.4 Å². The zero-order valence-electron chi connectivity index (χ0n) is 16.8. The second-order valence-electron chi connectivity index (χ2n) is 7.35. The molecule has 0 aliphatic carbocycles. The molecular weight excluding hydrogens is 454 g/mol. The molecule has 1 N–H and O–H groups in total. The van der Waals surface area contributed by atoms with Crippen LogP contribution in [0.15, 0.2) is 58.8 Å². The van der Waals surface area contributed by atoms with Crippen LogP contribution in [0, 0.1) is 0 Å². The van der Waals surface area contributed by atoms with Crippen molar-refractivity contribution in [1.29, 1.82) is 0 Å². The van der Waals surface area contributed by atoms with Gasteiger partial charge in [-0.15, -0.1) is 11.3 Å². The fourth-order valence-corrected chi connectivity index (χ4v) is 5.98. The zero-order chi connectivity index (χ0) is 21.8. The van der Waals surface area contributed by atoms with E-state index >= 15 is 0 Å². The Kier molecular flexibility index (Phi) is 6.71. The molecule has 1 aliphatic rings. The molecule has 0 radical (unpaired) electrons. The highest BCUT2D eigenvalue weighted by Gasteiger charge is 2.25. The summed E-state index contributed by atoms with van der Waals surface area (Å²) in [4.78, 5) is 17.1. The first-order valence-corrected chi connectivity index (χ1v) is 12.7. The Labute approximate surface area is 190 Å². The monoisotopic (exact) mass is 475 g/mol. The van der Waals surface area contributed by atoms with Crippen LogP contribution in [-0.2, 0) is 21.2 Å². The van der Waals surface area contributed by atoms with Gasteiger partial charge in [0.1, 0.15) is 0 Å². The third-order valence-corrected chi connectivity index (χ3v) is 8.14. The van der Waals surface area contributed by atoms with Gasteiger partial charge in [0.15, 0.2) is 5.13 Å². The average Bonchev–Trinajstić information content (AvgIpc) is 3.23. The Morgan fingerprint density at radius 1 is 1.06 bits per heavy atom. The van der Waals surface area contributed by atoms with Crippen molar-refractivity contribution in [2.45, 2.75) is 30.6 Å². The minimum Gasteiger partial charge on any atom is -0.302 e. The van der Waals surface area contributed by atoms with Crippen molar-refractivity contribution in [2.24, 2.45) is 0 Å². The Hall–Kier alpha value is -2.26. The molecule has 162 valence electrons. The molecule has 2 aromatic carbocycles. The van der Waals surface area contributed by atoms with Crippen molar-refractivity contribution >= 4 is 44.0 Å². The van der Waals surface area contributed by atoms with Gasteiger partial charge < -0.3 is 5.32 Å². The predicted octanol–water partition coefficient (Wildman–Crippen LogP) is 4.82. The van der Waals surface area contributed by atoms with Crippen LogP contribution in [0.1, 0.15) is 24.8 Å². The number of amides is 1. The standard InChI is InChI=1S/C22H22ClN3O3S2/c23-19-7-3-2-6-18(19)20-15-30-22(24-20)25-21(27)14-16-8-10-17(11-9-16)31(28,29)26-12-4-1-5-13-26/h2-3,6-11,15H,1,4-5,12-14H2,(H,24,25,27). The molecule has 1 aliphatic heterocycles. The highest BCUT2D eigenvalue weighted by Crippen LogP contribution is 2.30. The molecule has 1 aromatic heterocycles. The first-order valence-electron chi connectivity index (χ1n) is 10.0. The number of carbonyl (C=O) groups is 1. The van der Waals surface area contributed by atoms with E-state index in [1.807, 2.05) is 23.6 Å². The number of aromatic nitrogens is 1. The van der Waals surface area contributed by atoms with Gasteiger partial charge in [-0.3, -0.25) is 4.79 Å². The van der Waals surface area contributed by atoms with Crippen LogP contribution >= 0.6 is 22.9 Å². The molecule has 1 amide bonds. The minimum atomic E-state index is -3.47. The Morgan fingerprint density at radius 2 is 1.77 bits per heavy atom. The highest BCUT2D eigenvalue weighted by atomic mass is 35.5. The Morgan fingerprint density at radius 3 is 2.48 bits per heavy atom. The molecule has 0 unspecified atom stereocenters. The summed E-state index contributed by atoms with van der Waals surface area (Å²) < 4.78 is 27.0. The van der Waals surface area contributed by atoms with Crippen LogP contribution < -0.4 is 5.32 Å². The van der Waals surface area contributed by atoms with Gasteiger partial charge in [0.05, 0.1) is 17.0 Å². The lowest BCUT2D eigenvalue weighted by Gasteiger charge is -2.25. The number of anilines is 1. The third kappa shape index (κ3) is 5.15. The van der Waals surface area contributed by atoms with E-state index in [1.54, 1.807) is 30.3 Å². The average molecular weight is 476 g/mol. The molecule has 0 spiro atoms. The molecule has 0 saturated carbocycles. The maximum Gasteiger partial charge on any atom is 0.243 e. The number of sulfonamides is 1. The number of halogens is 1. The van der Waals surface area contributed by atoms with Crippen molar-refractivity contribution in [1.82, 2.24) is 9.29 Å². The number of piperidine rings is 1. The van der Waals surface area contributed by atoms with E-state index in [4.69, 9.17) is 11.6 Å². The first kappa shape index (κ1) is 22.0. The second kappa shape index (κ2) is 9.48. The van der Waals surface area contributed by atoms with E-state index in [2.05, 4.69) is 10.3 Å². The normalized spacial score (nSPS) is 15.0. The molecule has 1 fully saturated rings. The summed E-state index contributed by atoms with van der Waals surface area (Å²) in [7, 11) is -3.47. The molecule has 6 nitrogen and oxygen atoms in total. The lowest BCUT2D eigenvalue weighted by molar-refractivity contribution is -0.115. The van der Waals surface area contributed by atoms with E-state index in [0.717, 1.165) is 30.4 Å². The number of nitrogens with zero attached hydrogens (tertiary/aromatic N) is 2. The SMILES string of the molecule is O=C(Cc1ccc(S(=O)(=O)N2CCCCC2)cc1)Nc1nc(-c2ccccc2Cl)cs1. The van der Waals surface area contributed by atoms with Crippen molar-refractivity contribution in [2.75, 3.05) is 18.4 Å². The fraction of sp³-hybridized carbons (Fsp3) is 0.273. The molecule has 0 bridgehead atoms. The van der Waals surface area contributed by atoms with Gasteiger partial charge in [0, 0.05) is 29.1 Å². The zero-order valence-corrected chi connectivity index (χ0v) is 19.1. The Balaban J connectivity index is 1.39. The number of thiazole rings is 1. The number of hydrogen-bond donors (Lipinski definition) is 1. The quantitative estimate of drug-likeness (QED) is 0.554.